The van der Waals surface area contributed by atoms with Gasteiger partial charge in [0.15, 0.2) is 6.10 Å². The number of hydrogen-bond donors (Lipinski definition) is 2. The minimum Gasteiger partial charge on any atom is -0.378 e. The van der Waals surface area contributed by atoms with Crippen LogP contribution in [-0.2, 0) is 4.79 Å². The molecule has 1 unspecified atom stereocenters. The van der Waals surface area contributed by atoms with Crippen molar-refractivity contribution in [2.75, 3.05) is 6.54 Å². The summed E-state index contributed by atoms with van der Waals surface area (Å²) in [5.74, 6) is -0.822. The van der Waals surface area contributed by atoms with Crippen molar-refractivity contribution in [3.8, 4) is 0 Å². The maximum atomic E-state index is 12.7. The Morgan fingerprint density at radius 1 is 1.35 bits per heavy atom. The highest BCUT2D eigenvalue weighted by molar-refractivity contribution is 5.81. The highest BCUT2D eigenvalue weighted by atomic mass is 19.1. The lowest BCUT2D eigenvalue weighted by Crippen LogP contribution is -2.30. The number of carbonyl (C=O) groups is 1. The predicted molar refractivity (Wildman–Crippen MR) is 63.9 cm³/mol. The average Bonchev–Trinajstić information content (AvgIpc) is 2.34. The predicted octanol–water partition coefficient (Wildman–Crippen LogP) is 2.17. The molecule has 1 aromatic rings. The van der Waals surface area contributed by atoms with Gasteiger partial charge in [0.2, 0.25) is 0 Å². The number of nitrogens with one attached hydrogen (secondary N) is 1. The Bertz CT molecular complexity index is 351. The molecule has 1 rings (SSSR count). The molecule has 0 heterocycles. The molecule has 94 valence electrons. The molecule has 3 nitrogen and oxygen atoms in total. The molecule has 17 heavy (non-hydrogen) atoms. The zero-order chi connectivity index (χ0) is 12.7. The van der Waals surface area contributed by atoms with Crippen LogP contribution in [0.3, 0.4) is 0 Å². The molecule has 0 saturated carbocycles. The second kappa shape index (κ2) is 7.01. The number of aliphatic hydroxyl groups excluding tert-OH is 1. The van der Waals surface area contributed by atoms with Crippen molar-refractivity contribution < 1.29 is 14.3 Å². The van der Waals surface area contributed by atoms with E-state index in [1.807, 2.05) is 0 Å². The van der Waals surface area contributed by atoms with Crippen molar-refractivity contribution >= 4 is 5.91 Å². The normalized spacial score (nSPS) is 12.2. The van der Waals surface area contributed by atoms with Crippen LogP contribution in [0.5, 0.6) is 0 Å². The van der Waals surface area contributed by atoms with E-state index in [1.165, 1.54) is 24.3 Å². The van der Waals surface area contributed by atoms with E-state index in [1.54, 1.807) is 0 Å². The molecule has 4 heteroatoms. The molecule has 0 aliphatic carbocycles. The molecule has 0 saturated heterocycles. The minimum absolute atomic E-state index is 0.385. The van der Waals surface area contributed by atoms with Gasteiger partial charge in [-0.1, -0.05) is 31.9 Å². The van der Waals surface area contributed by atoms with Gasteiger partial charge in [-0.15, -0.1) is 0 Å². The van der Waals surface area contributed by atoms with Gasteiger partial charge in [0.05, 0.1) is 0 Å². The Labute approximate surface area is 101 Å². The summed E-state index contributed by atoms with van der Waals surface area (Å²) in [7, 11) is 0. The number of rotatable bonds is 6. The fourth-order valence-corrected chi connectivity index (χ4v) is 1.48. The van der Waals surface area contributed by atoms with Crippen LogP contribution in [-0.4, -0.2) is 17.6 Å². The summed E-state index contributed by atoms with van der Waals surface area (Å²) in [6, 6.07) is 5.27. The van der Waals surface area contributed by atoms with Crippen LogP contribution < -0.4 is 5.32 Å². The molecule has 2 N–H and O–H groups in total. The van der Waals surface area contributed by atoms with Crippen molar-refractivity contribution in [1.82, 2.24) is 5.32 Å². The van der Waals surface area contributed by atoms with Crippen LogP contribution in [0.1, 0.15) is 37.9 Å². The molecule has 0 aromatic heterocycles. The van der Waals surface area contributed by atoms with Crippen molar-refractivity contribution in [2.45, 2.75) is 32.3 Å². The lowest BCUT2D eigenvalue weighted by atomic mass is 10.1. The maximum Gasteiger partial charge on any atom is 0.253 e. The molecule has 0 fully saturated rings. The number of unbranched alkanes of at least 4 members (excludes halogenated alkanes) is 2. The topological polar surface area (TPSA) is 49.3 Å². The third kappa shape index (κ3) is 4.53. The zero-order valence-electron chi connectivity index (χ0n) is 9.95. The van der Waals surface area contributed by atoms with E-state index in [-0.39, 0.29) is 5.82 Å². The standard InChI is InChI=1S/C13H18FNO2/c1-2-3-4-9-15-13(17)12(16)10-5-7-11(14)8-6-10/h5-8,12,16H,2-4,9H2,1H3,(H,15,17). The van der Waals surface area contributed by atoms with Gasteiger partial charge in [-0.2, -0.15) is 0 Å². The summed E-state index contributed by atoms with van der Waals surface area (Å²) in [6.07, 6.45) is 1.80. The Balaban J connectivity index is 2.43. The van der Waals surface area contributed by atoms with Crippen LogP contribution >= 0.6 is 0 Å². The molecule has 1 atom stereocenters. The summed E-state index contributed by atoms with van der Waals surface area (Å²) in [5, 5.41) is 12.3. The molecule has 0 aliphatic heterocycles. The second-order valence-corrected chi connectivity index (χ2v) is 3.95. The number of carbonyl (C=O) groups excluding carboxylic acids is 1. The van der Waals surface area contributed by atoms with Gasteiger partial charge in [-0.05, 0) is 24.1 Å². The molecule has 0 aliphatic rings. The van der Waals surface area contributed by atoms with E-state index >= 15 is 0 Å². The molecule has 1 amide bonds. The summed E-state index contributed by atoms with van der Waals surface area (Å²) in [4.78, 5) is 11.5. The second-order valence-electron chi connectivity index (χ2n) is 3.95. The Kier molecular flexibility index (Phi) is 5.63. The van der Waals surface area contributed by atoms with E-state index in [4.69, 9.17) is 0 Å². The summed E-state index contributed by atoms with van der Waals surface area (Å²) >= 11 is 0. The van der Waals surface area contributed by atoms with Gasteiger partial charge in [-0.3, -0.25) is 4.79 Å². The highest BCUT2D eigenvalue weighted by Gasteiger charge is 2.16. The van der Waals surface area contributed by atoms with Gasteiger partial charge in [0.1, 0.15) is 5.82 Å². The van der Waals surface area contributed by atoms with E-state index in [9.17, 15) is 14.3 Å². The fraction of sp³-hybridized carbons (Fsp3) is 0.462. The maximum absolute atomic E-state index is 12.7. The van der Waals surface area contributed by atoms with Gasteiger partial charge in [-0.25, -0.2) is 4.39 Å². The lowest BCUT2D eigenvalue weighted by Gasteiger charge is -2.11. The van der Waals surface area contributed by atoms with Crippen molar-refractivity contribution in [2.24, 2.45) is 0 Å². The van der Waals surface area contributed by atoms with Crippen LogP contribution in [0.2, 0.25) is 0 Å². The monoisotopic (exact) mass is 239 g/mol. The van der Waals surface area contributed by atoms with E-state index in [0.29, 0.717) is 12.1 Å². The largest absolute Gasteiger partial charge is 0.378 e. The van der Waals surface area contributed by atoms with Gasteiger partial charge in [0, 0.05) is 6.54 Å². The average molecular weight is 239 g/mol. The first-order valence-corrected chi connectivity index (χ1v) is 5.86. The molecule has 1 aromatic carbocycles. The first kappa shape index (κ1) is 13.6. The Morgan fingerprint density at radius 3 is 2.59 bits per heavy atom. The third-order valence-electron chi connectivity index (χ3n) is 2.51. The Morgan fingerprint density at radius 2 is 2.00 bits per heavy atom. The minimum atomic E-state index is -1.22. The first-order valence-electron chi connectivity index (χ1n) is 5.86. The van der Waals surface area contributed by atoms with Gasteiger partial charge < -0.3 is 10.4 Å². The lowest BCUT2D eigenvalue weighted by molar-refractivity contribution is -0.129. The quantitative estimate of drug-likeness (QED) is 0.747. The molecule has 0 spiro atoms. The van der Waals surface area contributed by atoms with E-state index < -0.39 is 12.0 Å². The first-order chi connectivity index (χ1) is 8.15. The number of aliphatic hydroxyl groups is 1. The molecule has 0 bridgehead atoms. The third-order valence-corrected chi connectivity index (χ3v) is 2.51. The number of halogens is 1. The van der Waals surface area contributed by atoms with Crippen molar-refractivity contribution in [3.63, 3.8) is 0 Å². The fourth-order valence-electron chi connectivity index (χ4n) is 1.48. The molecule has 0 radical (unpaired) electrons. The summed E-state index contributed by atoms with van der Waals surface area (Å²) in [5.41, 5.74) is 0.402. The van der Waals surface area contributed by atoms with Crippen LogP contribution in [0, 0.1) is 5.82 Å². The highest BCUT2D eigenvalue weighted by Crippen LogP contribution is 2.13. The van der Waals surface area contributed by atoms with Crippen molar-refractivity contribution in [3.05, 3.63) is 35.6 Å². The zero-order valence-corrected chi connectivity index (χ0v) is 9.95. The molecular formula is C13H18FNO2. The number of amides is 1. The Hall–Kier alpha value is -1.42. The molecular weight excluding hydrogens is 221 g/mol. The number of benzene rings is 1. The van der Waals surface area contributed by atoms with Gasteiger partial charge in [0.25, 0.3) is 5.91 Å². The van der Waals surface area contributed by atoms with E-state index in [2.05, 4.69) is 12.2 Å². The smallest absolute Gasteiger partial charge is 0.253 e. The number of hydrogen-bond acceptors (Lipinski definition) is 2. The summed E-state index contributed by atoms with van der Waals surface area (Å²) in [6.45, 7) is 2.64. The van der Waals surface area contributed by atoms with E-state index in [0.717, 1.165) is 19.3 Å². The van der Waals surface area contributed by atoms with Crippen molar-refractivity contribution in [1.29, 1.82) is 0 Å². The van der Waals surface area contributed by atoms with Crippen LogP contribution in [0.25, 0.3) is 0 Å². The van der Waals surface area contributed by atoms with Crippen LogP contribution in [0.15, 0.2) is 24.3 Å². The van der Waals surface area contributed by atoms with Crippen LogP contribution in [0.4, 0.5) is 4.39 Å². The SMILES string of the molecule is CCCCCNC(=O)C(O)c1ccc(F)cc1. The summed E-state index contributed by atoms with van der Waals surface area (Å²) < 4.78 is 12.7. The van der Waals surface area contributed by atoms with Gasteiger partial charge >= 0.3 is 0 Å².